The molecule has 0 spiro atoms. The Labute approximate surface area is 144 Å². The van der Waals surface area contributed by atoms with E-state index in [1.54, 1.807) is 6.08 Å². The first-order chi connectivity index (χ1) is 12.3. The van der Waals surface area contributed by atoms with Crippen LogP contribution < -0.4 is 14.8 Å². The number of rotatable bonds is 5. The lowest BCUT2D eigenvalue weighted by atomic mass is 10.2. The maximum absolute atomic E-state index is 12.0. The van der Waals surface area contributed by atoms with Crippen molar-refractivity contribution < 1.29 is 14.3 Å². The zero-order valence-electron chi connectivity index (χ0n) is 13.7. The molecule has 2 aliphatic rings. The van der Waals surface area contributed by atoms with Crippen molar-refractivity contribution in [3.05, 3.63) is 35.7 Å². The van der Waals surface area contributed by atoms with Gasteiger partial charge in [0, 0.05) is 6.08 Å². The molecular weight excluding hydrogens is 322 g/mol. The molecule has 1 aliphatic heterocycles. The number of tetrazole rings is 1. The van der Waals surface area contributed by atoms with Crippen LogP contribution >= 0.6 is 0 Å². The molecule has 1 N–H and O–H groups in total. The Morgan fingerprint density at radius 1 is 1.28 bits per heavy atom. The van der Waals surface area contributed by atoms with Crippen LogP contribution in [-0.2, 0) is 11.3 Å². The van der Waals surface area contributed by atoms with Gasteiger partial charge in [0.2, 0.25) is 12.7 Å². The molecule has 0 saturated heterocycles. The number of nitrogens with zero attached hydrogens (tertiary/aromatic N) is 4. The normalized spacial score (nSPS) is 16.6. The summed E-state index contributed by atoms with van der Waals surface area (Å²) in [6, 6.07) is 5.89. The van der Waals surface area contributed by atoms with Crippen molar-refractivity contribution in [2.75, 3.05) is 6.79 Å². The summed E-state index contributed by atoms with van der Waals surface area (Å²) in [5, 5.41) is 14.7. The van der Waals surface area contributed by atoms with Crippen molar-refractivity contribution in [2.24, 2.45) is 0 Å². The molecule has 1 amide bonds. The van der Waals surface area contributed by atoms with Gasteiger partial charge in [0.05, 0.1) is 12.6 Å². The third kappa shape index (κ3) is 3.47. The van der Waals surface area contributed by atoms with Gasteiger partial charge in [-0.3, -0.25) is 4.79 Å². The minimum atomic E-state index is -0.196. The van der Waals surface area contributed by atoms with Crippen LogP contribution in [0.25, 0.3) is 6.08 Å². The van der Waals surface area contributed by atoms with Crippen molar-refractivity contribution >= 4 is 12.0 Å². The standard InChI is InChI=1S/C17H19N5O3/c23-17(8-6-12-5-7-14-15(9-12)25-11-24-14)18-10-16-19-20-21-22(16)13-3-1-2-4-13/h5-9,13H,1-4,10-11H2,(H,18,23)/b8-6-. The zero-order valence-corrected chi connectivity index (χ0v) is 13.7. The third-order valence-electron chi connectivity index (χ3n) is 4.48. The lowest BCUT2D eigenvalue weighted by Crippen LogP contribution is -2.24. The van der Waals surface area contributed by atoms with Crippen LogP contribution in [0.5, 0.6) is 11.5 Å². The maximum Gasteiger partial charge on any atom is 0.244 e. The second-order valence-electron chi connectivity index (χ2n) is 6.14. The van der Waals surface area contributed by atoms with Gasteiger partial charge in [-0.1, -0.05) is 18.9 Å². The van der Waals surface area contributed by atoms with Crippen molar-refractivity contribution in [2.45, 2.75) is 38.3 Å². The zero-order chi connectivity index (χ0) is 17.1. The smallest absolute Gasteiger partial charge is 0.244 e. The van der Waals surface area contributed by atoms with E-state index in [1.165, 1.54) is 18.9 Å². The number of hydrogen-bond acceptors (Lipinski definition) is 6. The SMILES string of the molecule is O=C(/C=C\c1ccc2c(c1)OCO2)NCc1nnnn1C1CCCC1. The van der Waals surface area contributed by atoms with E-state index in [2.05, 4.69) is 20.8 Å². The predicted molar refractivity (Wildman–Crippen MR) is 88.8 cm³/mol. The number of nitrogens with one attached hydrogen (secondary N) is 1. The van der Waals surface area contributed by atoms with Gasteiger partial charge < -0.3 is 14.8 Å². The summed E-state index contributed by atoms with van der Waals surface area (Å²) in [6.45, 7) is 0.548. The van der Waals surface area contributed by atoms with Gasteiger partial charge in [-0.25, -0.2) is 4.68 Å². The summed E-state index contributed by atoms with van der Waals surface area (Å²) >= 11 is 0. The number of hydrogen-bond donors (Lipinski definition) is 1. The van der Waals surface area contributed by atoms with Gasteiger partial charge in [-0.2, -0.15) is 0 Å². The predicted octanol–water partition coefficient (Wildman–Crippen LogP) is 1.85. The second kappa shape index (κ2) is 6.92. The van der Waals surface area contributed by atoms with Gasteiger partial charge in [-0.05, 0) is 47.0 Å². The molecule has 8 heteroatoms. The monoisotopic (exact) mass is 341 g/mol. The van der Waals surface area contributed by atoms with Crippen molar-refractivity contribution in [3.8, 4) is 11.5 Å². The van der Waals surface area contributed by atoms with E-state index in [0.717, 1.165) is 24.2 Å². The number of fused-ring (bicyclic) bond motifs is 1. The molecule has 1 aliphatic carbocycles. The van der Waals surface area contributed by atoms with Crippen molar-refractivity contribution in [1.82, 2.24) is 25.5 Å². The van der Waals surface area contributed by atoms with Gasteiger partial charge in [-0.15, -0.1) is 5.10 Å². The fraction of sp³-hybridized carbons (Fsp3) is 0.412. The molecule has 2 heterocycles. The van der Waals surface area contributed by atoms with Crippen molar-refractivity contribution in [3.63, 3.8) is 0 Å². The van der Waals surface area contributed by atoms with E-state index in [0.29, 0.717) is 24.2 Å². The molecule has 2 aromatic rings. The highest BCUT2D eigenvalue weighted by atomic mass is 16.7. The Morgan fingerprint density at radius 2 is 2.12 bits per heavy atom. The number of carbonyl (C=O) groups is 1. The minimum absolute atomic E-state index is 0.196. The lowest BCUT2D eigenvalue weighted by molar-refractivity contribution is -0.116. The summed E-state index contributed by atoms with van der Waals surface area (Å²) < 4.78 is 12.4. The minimum Gasteiger partial charge on any atom is -0.454 e. The molecule has 1 fully saturated rings. The molecule has 1 saturated carbocycles. The van der Waals surface area contributed by atoms with E-state index >= 15 is 0 Å². The topological polar surface area (TPSA) is 91.2 Å². The van der Waals surface area contributed by atoms with E-state index in [-0.39, 0.29) is 12.7 Å². The Morgan fingerprint density at radius 3 is 3.00 bits per heavy atom. The summed E-state index contributed by atoms with van der Waals surface area (Å²) in [5.74, 6) is 1.91. The Balaban J connectivity index is 1.34. The molecule has 0 bridgehead atoms. The first-order valence-electron chi connectivity index (χ1n) is 8.42. The molecule has 4 rings (SSSR count). The highest BCUT2D eigenvalue weighted by molar-refractivity contribution is 5.91. The van der Waals surface area contributed by atoms with Crippen molar-refractivity contribution in [1.29, 1.82) is 0 Å². The van der Waals surface area contributed by atoms with Gasteiger partial charge in [0.15, 0.2) is 17.3 Å². The van der Waals surface area contributed by atoms with E-state index in [4.69, 9.17) is 9.47 Å². The molecule has 25 heavy (non-hydrogen) atoms. The van der Waals surface area contributed by atoms with Gasteiger partial charge in [0.25, 0.3) is 0 Å². The number of benzene rings is 1. The summed E-state index contributed by atoms with van der Waals surface area (Å²) in [5.41, 5.74) is 0.871. The lowest BCUT2D eigenvalue weighted by Gasteiger charge is -2.11. The highest BCUT2D eigenvalue weighted by Gasteiger charge is 2.21. The first-order valence-corrected chi connectivity index (χ1v) is 8.42. The fourth-order valence-corrected chi connectivity index (χ4v) is 3.17. The largest absolute Gasteiger partial charge is 0.454 e. The van der Waals surface area contributed by atoms with Crippen LogP contribution in [0.2, 0.25) is 0 Å². The molecule has 1 aromatic carbocycles. The molecule has 8 nitrogen and oxygen atoms in total. The average molecular weight is 341 g/mol. The third-order valence-corrected chi connectivity index (χ3v) is 4.48. The Kier molecular flexibility index (Phi) is 4.32. The molecule has 130 valence electrons. The van der Waals surface area contributed by atoms with E-state index in [1.807, 2.05) is 22.9 Å². The Hall–Kier alpha value is -2.90. The highest BCUT2D eigenvalue weighted by Crippen LogP contribution is 2.32. The van der Waals surface area contributed by atoms with Crippen LogP contribution in [0.3, 0.4) is 0 Å². The number of ether oxygens (including phenoxy) is 2. The summed E-state index contributed by atoms with van der Waals surface area (Å²) in [7, 11) is 0. The maximum atomic E-state index is 12.0. The number of carbonyl (C=O) groups excluding carboxylic acids is 1. The molecular formula is C17H19N5O3. The Bertz CT molecular complexity index is 795. The molecule has 0 radical (unpaired) electrons. The van der Waals surface area contributed by atoms with Crippen LogP contribution in [0, 0.1) is 0 Å². The average Bonchev–Trinajstić information content (AvgIpc) is 3.38. The van der Waals surface area contributed by atoms with E-state index in [9.17, 15) is 4.79 Å². The van der Waals surface area contributed by atoms with Crippen LogP contribution in [0.4, 0.5) is 0 Å². The molecule has 0 unspecified atom stereocenters. The number of aromatic nitrogens is 4. The summed E-state index contributed by atoms with van der Waals surface area (Å²) in [6.07, 6.45) is 7.81. The second-order valence-corrected chi connectivity index (χ2v) is 6.14. The van der Waals surface area contributed by atoms with Gasteiger partial charge >= 0.3 is 0 Å². The fourth-order valence-electron chi connectivity index (χ4n) is 3.17. The molecule has 0 atom stereocenters. The van der Waals surface area contributed by atoms with Crippen LogP contribution in [0.1, 0.15) is 43.1 Å². The van der Waals surface area contributed by atoms with Crippen LogP contribution in [-0.4, -0.2) is 32.9 Å². The quantitative estimate of drug-likeness (QED) is 0.835. The molecule has 1 aromatic heterocycles. The first kappa shape index (κ1) is 15.6. The van der Waals surface area contributed by atoms with E-state index < -0.39 is 0 Å². The summed E-state index contributed by atoms with van der Waals surface area (Å²) in [4.78, 5) is 12.0. The van der Waals surface area contributed by atoms with Gasteiger partial charge in [0.1, 0.15) is 0 Å². The van der Waals surface area contributed by atoms with Crippen LogP contribution in [0.15, 0.2) is 24.3 Å². The number of amides is 1.